The standard InChI is InChI=1S/C23H30N2O3S/c1-23(2,3)18-6-8-19(9-7-18)28-15-12-24-21(26)17-10-13-25(14-11-17)22(27)20-5-4-16-29-20/h4-9,16-17H,10-15H2,1-3H3,(H,24,26). The number of hydrogen-bond acceptors (Lipinski definition) is 4. The SMILES string of the molecule is CC(C)(C)c1ccc(OCCNC(=O)C2CCN(C(=O)c3cccs3)CC2)cc1. The maximum Gasteiger partial charge on any atom is 0.263 e. The summed E-state index contributed by atoms with van der Waals surface area (Å²) in [5.41, 5.74) is 1.39. The number of carbonyl (C=O) groups is 2. The summed E-state index contributed by atoms with van der Waals surface area (Å²) in [6, 6.07) is 11.9. The molecule has 1 aliphatic heterocycles. The van der Waals surface area contributed by atoms with E-state index in [0.717, 1.165) is 10.6 Å². The third kappa shape index (κ3) is 5.82. The zero-order valence-electron chi connectivity index (χ0n) is 17.4. The maximum absolute atomic E-state index is 12.4. The Hall–Kier alpha value is -2.34. The lowest BCUT2D eigenvalue weighted by Crippen LogP contribution is -2.43. The molecule has 0 atom stereocenters. The minimum Gasteiger partial charge on any atom is -0.492 e. The van der Waals surface area contributed by atoms with E-state index in [1.807, 2.05) is 34.5 Å². The van der Waals surface area contributed by atoms with Gasteiger partial charge in [-0.2, -0.15) is 0 Å². The van der Waals surface area contributed by atoms with Gasteiger partial charge in [0.1, 0.15) is 12.4 Å². The summed E-state index contributed by atoms with van der Waals surface area (Å²) in [5, 5.41) is 4.88. The molecule has 2 heterocycles. The Balaban J connectivity index is 1.36. The first-order chi connectivity index (χ1) is 13.8. The number of likely N-dealkylation sites (tertiary alicyclic amines) is 1. The van der Waals surface area contributed by atoms with Crippen molar-refractivity contribution >= 4 is 23.2 Å². The topological polar surface area (TPSA) is 58.6 Å². The molecule has 0 bridgehead atoms. The second-order valence-electron chi connectivity index (χ2n) is 8.46. The molecule has 5 nitrogen and oxygen atoms in total. The van der Waals surface area contributed by atoms with Crippen molar-refractivity contribution in [2.24, 2.45) is 5.92 Å². The van der Waals surface area contributed by atoms with Gasteiger partial charge in [-0.15, -0.1) is 11.3 Å². The quantitative estimate of drug-likeness (QED) is 0.724. The van der Waals surface area contributed by atoms with E-state index in [1.165, 1.54) is 16.9 Å². The summed E-state index contributed by atoms with van der Waals surface area (Å²) < 4.78 is 5.73. The minimum atomic E-state index is -0.0338. The molecule has 1 aromatic carbocycles. The van der Waals surface area contributed by atoms with Crippen LogP contribution in [0.25, 0.3) is 0 Å². The zero-order chi connectivity index (χ0) is 20.9. The average molecular weight is 415 g/mol. The molecule has 29 heavy (non-hydrogen) atoms. The number of carbonyl (C=O) groups excluding carboxylic acids is 2. The first-order valence-corrected chi connectivity index (χ1v) is 11.1. The van der Waals surface area contributed by atoms with Crippen molar-refractivity contribution in [3.63, 3.8) is 0 Å². The molecule has 156 valence electrons. The summed E-state index contributed by atoms with van der Waals surface area (Å²) in [5.74, 6) is 0.908. The first kappa shape index (κ1) is 21.4. The highest BCUT2D eigenvalue weighted by molar-refractivity contribution is 7.12. The molecule has 0 spiro atoms. The number of amides is 2. The van der Waals surface area contributed by atoms with E-state index in [9.17, 15) is 9.59 Å². The Labute approximate surface area is 177 Å². The van der Waals surface area contributed by atoms with Crippen LogP contribution in [0.2, 0.25) is 0 Å². The van der Waals surface area contributed by atoms with Crippen LogP contribution in [0.1, 0.15) is 48.8 Å². The third-order valence-electron chi connectivity index (χ3n) is 5.28. The Morgan fingerprint density at radius 2 is 1.83 bits per heavy atom. The Kier molecular flexibility index (Phi) is 6.96. The van der Waals surface area contributed by atoms with Gasteiger partial charge in [-0.1, -0.05) is 39.0 Å². The van der Waals surface area contributed by atoms with Gasteiger partial charge in [0.25, 0.3) is 5.91 Å². The predicted octanol–water partition coefficient (Wildman–Crippen LogP) is 4.09. The normalized spacial score (nSPS) is 15.2. The molecule has 1 saturated heterocycles. The fraction of sp³-hybridized carbons (Fsp3) is 0.478. The molecule has 0 saturated carbocycles. The predicted molar refractivity (Wildman–Crippen MR) is 117 cm³/mol. The largest absolute Gasteiger partial charge is 0.492 e. The number of piperidine rings is 1. The van der Waals surface area contributed by atoms with E-state index >= 15 is 0 Å². The van der Waals surface area contributed by atoms with Gasteiger partial charge in [0.05, 0.1) is 11.4 Å². The van der Waals surface area contributed by atoms with Crippen molar-refractivity contribution in [3.8, 4) is 5.75 Å². The molecule has 6 heteroatoms. The lowest BCUT2D eigenvalue weighted by molar-refractivity contribution is -0.126. The molecule has 0 unspecified atom stereocenters. The van der Waals surface area contributed by atoms with E-state index in [0.29, 0.717) is 39.1 Å². The maximum atomic E-state index is 12.4. The van der Waals surface area contributed by atoms with E-state index in [4.69, 9.17) is 4.74 Å². The van der Waals surface area contributed by atoms with Crippen LogP contribution in [0, 0.1) is 5.92 Å². The van der Waals surface area contributed by atoms with Crippen LogP contribution in [0.3, 0.4) is 0 Å². The number of ether oxygens (including phenoxy) is 1. The fourth-order valence-electron chi connectivity index (χ4n) is 3.44. The van der Waals surface area contributed by atoms with Crippen molar-refractivity contribution in [3.05, 3.63) is 52.2 Å². The molecular weight excluding hydrogens is 384 g/mol. The summed E-state index contributed by atoms with van der Waals surface area (Å²) >= 11 is 1.46. The molecule has 3 rings (SSSR count). The van der Waals surface area contributed by atoms with Gasteiger partial charge in [0, 0.05) is 19.0 Å². The Morgan fingerprint density at radius 1 is 1.14 bits per heavy atom. The van der Waals surface area contributed by atoms with Gasteiger partial charge >= 0.3 is 0 Å². The van der Waals surface area contributed by atoms with Gasteiger partial charge in [-0.05, 0) is 47.4 Å². The molecule has 0 aliphatic carbocycles. The van der Waals surface area contributed by atoms with Gasteiger partial charge in [-0.25, -0.2) is 0 Å². The van der Waals surface area contributed by atoms with Crippen LogP contribution in [-0.2, 0) is 10.2 Å². The lowest BCUT2D eigenvalue weighted by atomic mass is 9.87. The zero-order valence-corrected chi connectivity index (χ0v) is 18.3. The summed E-state index contributed by atoms with van der Waals surface area (Å²) in [6.07, 6.45) is 1.41. The Bertz CT molecular complexity index is 802. The van der Waals surface area contributed by atoms with Crippen LogP contribution in [0.4, 0.5) is 0 Å². The second-order valence-corrected chi connectivity index (χ2v) is 9.41. The molecule has 1 aromatic heterocycles. The minimum absolute atomic E-state index is 0.0338. The molecule has 2 aromatic rings. The number of benzene rings is 1. The van der Waals surface area contributed by atoms with Gasteiger partial charge in [0.15, 0.2) is 0 Å². The highest BCUT2D eigenvalue weighted by Gasteiger charge is 2.27. The molecule has 1 fully saturated rings. The molecular formula is C23H30N2O3S. The molecule has 1 aliphatic rings. The summed E-state index contributed by atoms with van der Waals surface area (Å²) in [7, 11) is 0. The molecule has 0 radical (unpaired) electrons. The van der Waals surface area contributed by atoms with Crippen molar-refractivity contribution in [1.82, 2.24) is 10.2 Å². The highest BCUT2D eigenvalue weighted by atomic mass is 32.1. The smallest absolute Gasteiger partial charge is 0.263 e. The fourth-order valence-corrected chi connectivity index (χ4v) is 4.13. The number of nitrogens with one attached hydrogen (secondary N) is 1. The Morgan fingerprint density at radius 3 is 2.41 bits per heavy atom. The summed E-state index contributed by atoms with van der Waals surface area (Å²) in [6.45, 7) is 8.73. The van der Waals surface area contributed by atoms with Gasteiger partial charge < -0.3 is 15.0 Å². The average Bonchev–Trinajstić information content (AvgIpc) is 3.25. The first-order valence-electron chi connectivity index (χ1n) is 10.2. The van der Waals surface area contributed by atoms with Crippen molar-refractivity contribution in [2.75, 3.05) is 26.2 Å². The number of rotatable bonds is 6. The molecule has 2 amide bonds. The van der Waals surface area contributed by atoms with Crippen LogP contribution in [-0.4, -0.2) is 43.0 Å². The van der Waals surface area contributed by atoms with Gasteiger partial charge in [0.2, 0.25) is 5.91 Å². The summed E-state index contributed by atoms with van der Waals surface area (Å²) in [4.78, 5) is 27.4. The van der Waals surface area contributed by atoms with Gasteiger partial charge in [-0.3, -0.25) is 9.59 Å². The van der Waals surface area contributed by atoms with E-state index in [2.05, 4.69) is 38.2 Å². The van der Waals surface area contributed by atoms with Crippen LogP contribution >= 0.6 is 11.3 Å². The number of nitrogens with zero attached hydrogens (tertiary/aromatic N) is 1. The number of hydrogen-bond donors (Lipinski definition) is 1. The molecule has 1 N–H and O–H groups in total. The van der Waals surface area contributed by atoms with Crippen LogP contribution < -0.4 is 10.1 Å². The van der Waals surface area contributed by atoms with E-state index in [-0.39, 0.29) is 23.1 Å². The van der Waals surface area contributed by atoms with E-state index < -0.39 is 0 Å². The van der Waals surface area contributed by atoms with Crippen molar-refractivity contribution < 1.29 is 14.3 Å². The van der Waals surface area contributed by atoms with Crippen molar-refractivity contribution in [1.29, 1.82) is 0 Å². The monoisotopic (exact) mass is 414 g/mol. The lowest BCUT2D eigenvalue weighted by Gasteiger charge is -2.31. The van der Waals surface area contributed by atoms with Crippen molar-refractivity contribution in [2.45, 2.75) is 39.0 Å². The third-order valence-corrected chi connectivity index (χ3v) is 6.13. The number of thiophene rings is 1. The van der Waals surface area contributed by atoms with Crippen LogP contribution in [0.5, 0.6) is 5.75 Å². The van der Waals surface area contributed by atoms with Crippen LogP contribution in [0.15, 0.2) is 41.8 Å². The highest BCUT2D eigenvalue weighted by Crippen LogP contribution is 2.24. The second kappa shape index (κ2) is 9.44. The van der Waals surface area contributed by atoms with E-state index in [1.54, 1.807) is 0 Å².